The zero-order valence-corrected chi connectivity index (χ0v) is 44.8. The van der Waals surface area contributed by atoms with Gasteiger partial charge in [0.25, 0.3) is 0 Å². The lowest BCUT2D eigenvalue weighted by Crippen LogP contribution is -2.60. The molecule has 1 rings (SSSR count). The van der Waals surface area contributed by atoms with Crippen molar-refractivity contribution >= 4 is 96.3 Å². The number of aliphatic carboxylic acids is 1. The number of unbranched alkanes of at least 4 members (excludes halogenated alkanes) is 1. The number of carbonyl (C=O) groups excluding carboxylic acids is 10. The zero-order chi connectivity index (χ0) is 58.2. The first-order chi connectivity index (χ1) is 36.4. The third-order valence-electron chi connectivity index (χ3n) is 11.1. The SMILES string of the molecule is CC(C)C[C@H](NC(=O)[C@@H](N)CS)C(=O)N[C@@H](CCC(N)=O)C(=O)N[C@@H](CCCCN)C(=O)N[C@@H](Cc1ccccc1)C(=O)N[C@@H](CCCN=C(N)N)C(=O)NCC(=O)N[C@@H](CO)C(=O)N[C@@H](CO)C(=O)N[C@@H](CS)C(=O)O. The van der Waals surface area contributed by atoms with E-state index in [1.807, 2.05) is 0 Å². The van der Waals surface area contributed by atoms with E-state index in [9.17, 15) is 68.1 Å². The van der Waals surface area contributed by atoms with Gasteiger partial charge < -0.3 is 91.8 Å². The molecule has 0 aliphatic rings. The fraction of sp³-hybridized carbons (Fsp3) is 0.609. The Bertz CT molecular complexity index is 2160. The summed E-state index contributed by atoms with van der Waals surface area (Å²) in [6.45, 7) is 0.906. The number of carboxylic acids is 1. The van der Waals surface area contributed by atoms with Crippen molar-refractivity contribution in [2.24, 2.45) is 39.6 Å². The number of rotatable bonds is 38. The smallest absolute Gasteiger partial charge is 0.327 e. The summed E-state index contributed by atoms with van der Waals surface area (Å²) in [7, 11) is 0. The second-order valence-corrected chi connectivity index (χ2v) is 18.7. The Balaban J connectivity index is 3.49. The van der Waals surface area contributed by atoms with Gasteiger partial charge in [0.2, 0.25) is 59.1 Å². The molecule has 0 aromatic heterocycles. The number of amides is 10. The van der Waals surface area contributed by atoms with Gasteiger partial charge in [0.15, 0.2) is 5.96 Å². The summed E-state index contributed by atoms with van der Waals surface area (Å²) < 4.78 is 0. The van der Waals surface area contributed by atoms with Crippen molar-refractivity contribution < 1.29 is 68.1 Å². The van der Waals surface area contributed by atoms with Crippen molar-refractivity contribution in [2.45, 2.75) is 126 Å². The summed E-state index contributed by atoms with van der Waals surface area (Å²) in [6, 6.07) is -4.51. The molecule has 1 aromatic carbocycles. The monoisotopic (exact) mass is 1130 g/mol. The number of nitrogens with zero attached hydrogens (tertiary/aromatic N) is 1. The number of carbonyl (C=O) groups is 11. The molecule has 0 bridgehead atoms. The summed E-state index contributed by atoms with van der Waals surface area (Å²) in [5.41, 5.74) is 28.4. The van der Waals surface area contributed by atoms with E-state index in [0.717, 1.165) is 0 Å². The van der Waals surface area contributed by atoms with Crippen LogP contribution in [0.2, 0.25) is 0 Å². The molecule has 77 heavy (non-hydrogen) atoms. The van der Waals surface area contributed by atoms with Gasteiger partial charge in [-0.1, -0.05) is 44.2 Å². The molecule has 0 saturated carbocycles. The molecule has 0 saturated heterocycles. The Labute approximate surface area is 456 Å². The number of aliphatic hydroxyl groups is 2. The molecule has 31 heteroatoms. The lowest BCUT2D eigenvalue weighted by molar-refractivity contribution is -0.142. The third-order valence-corrected chi connectivity index (χ3v) is 11.9. The summed E-state index contributed by atoms with van der Waals surface area (Å²) in [5, 5.41) is 50.4. The third kappa shape index (κ3) is 27.2. The topological polar surface area (TPSA) is 499 Å². The number of hydrogen-bond acceptors (Lipinski definition) is 18. The van der Waals surface area contributed by atoms with Crippen LogP contribution in [-0.2, 0) is 59.2 Å². The second-order valence-electron chi connectivity index (χ2n) is 18.0. The molecular formula is C46H77N15O14S2. The molecular weight excluding hydrogens is 1050 g/mol. The van der Waals surface area contributed by atoms with Crippen molar-refractivity contribution in [1.29, 1.82) is 0 Å². The minimum absolute atomic E-state index is 0.0132. The largest absolute Gasteiger partial charge is 0.480 e. The number of guanidine groups is 1. The average molecular weight is 1130 g/mol. The van der Waals surface area contributed by atoms with Gasteiger partial charge in [0, 0.05) is 30.9 Å². The van der Waals surface area contributed by atoms with Crippen LogP contribution in [0.25, 0.3) is 0 Å². The Morgan fingerprint density at radius 2 is 1.04 bits per heavy atom. The number of carboxylic acid groups (broad SMARTS) is 1. The van der Waals surface area contributed by atoms with Crippen LogP contribution >= 0.6 is 25.3 Å². The summed E-state index contributed by atoms with van der Waals surface area (Å²) in [5.74, 6) is -11.4. The lowest BCUT2D eigenvalue weighted by atomic mass is 10.0. The number of nitrogens with one attached hydrogen (secondary N) is 9. The maximum atomic E-state index is 14.3. The first-order valence-electron chi connectivity index (χ1n) is 24.6. The molecule has 29 nitrogen and oxygen atoms in total. The van der Waals surface area contributed by atoms with Crippen molar-refractivity contribution in [3.05, 3.63) is 35.9 Å². The number of nitrogens with two attached hydrogens (primary N) is 5. The highest BCUT2D eigenvalue weighted by atomic mass is 32.1. The summed E-state index contributed by atoms with van der Waals surface area (Å²) >= 11 is 7.87. The van der Waals surface area contributed by atoms with Gasteiger partial charge in [-0.3, -0.25) is 52.9 Å². The van der Waals surface area contributed by atoms with E-state index >= 15 is 0 Å². The Morgan fingerprint density at radius 3 is 1.55 bits per heavy atom. The molecule has 10 amide bonds. The van der Waals surface area contributed by atoms with E-state index in [0.29, 0.717) is 12.0 Å². The van der Waals surface area contributed by atoms with E-state index in [-0.39, 0.29) is 87.8 Å². The lowest BCUT2D eigenvalue weighted by Gasteiger charge is -2.28. The predicted octanol–water partition coefficient (Wildman–Crippen LogP) is -7.03. The van der Waals surface area contributed by atoms with E-state index in [1.165, 1.54) is 0 Å². The quantitative estimate of drug-likeness (QED) is 0.0127. The van der Waals surface area contributed by atoms with Gasteiger partial charge in [0.1, 0.15) is 48.3 Å². The Morgan fingerprint density at radius 1 is 0.571 bits per heavy atom. The maximum absolute atomic E-state index is 14.3. The van der Waals surface area contributed by atoms with Crippen molar-refractivity contribution in [2.75, 3.05) is 44.4 Å². The average Bonchev–Trinajstić information content (AvgIpc) is 3.38. The van der Waals surface area contributed by atoms with Crippen LogP contribution in [0.5, 0.6) is 0 Å². The Kier molecular flexibility index (Phi) is 32.8. The fourth-order valence-corrected chi connectivity index (χ4v) is 7.37. The van der Waals surface area contributed by atoms with Crippen LogP contribution < -0.4 is 76.5 Å². The highest BCUT2D eigenvalue weighted by Gasteiger charge is 2.34. The summed E-state index contributed by atoms with van der Waals surface area (Å²) in [6.07, 6.45) is -0.122. The minimum Gasteiger partial charge on any atom is -0.480 e. The first kappa shape index (κ1) is 68.2. The highest BCUT2D eigenvalue weighted by Crippen LogP contribution is 2.11. The minimum atomic E-state index is -1.74. The van der Waals surface area contributed by atoms with E-state index in [2.05, 4.69) is 78.1 Å². The fourth-order valence-electron chi connectivity index (χ4n) is 6.96. The first-order valence-corrected chi connectivity index (χ1v) is 25.9. The molecule has 432 valence electrons. The predicted molar refractivity (Wildman–Crippen MR) is 287 cm³/mol. The van der Waals surface area contributed by atoms with E-state index in [4.69, 9.17) is 28.7 Å². The van der Waals surface area contributed by atoms with E-state index < -0.39 is 139 Å². The van der Waals surface area contributed by atoms with Gasteiger partial charge in [-0.2, -0.15) is 25.3 Å². The van der Waals surface area contributed by atoms with Crippen LogP contribution in [-0.4, -0.2) is 185 Å². The summed E-state index contributed by atoms with van der Waals surface area (Å²) in [4.78, 5) is 148. The number of aliphatic hydroxyl groups excluding tert-OH is 2. The number of primary amides is 1. The molecule has 22 N–H and O–H groups in total. The van der Waals surface area contributed by atoms with Crippen molar-refractivity contribution in [3.63, 3.8) is 0 Å². The van der Waals surface area contributed by atoms with Crippen LogP contribution in [0, 0.1) is 5.92 Å². The van der Waals surface area contributed by atoms with Crippen LogP contribution in [0.1, 0.15) is 70.8 Å². The molecule has 0 spiro atoms. The van der Waals surface area contributed by atoms with Crippen LogP contribution in [0.4, 0.5) is 0 Å². The molecule has 0 heterocycles. The molecule has 1 aromatic rings. The van der Waals surface area contributed by atoms with Crippen molar-refractivity contribution in [1.82, 2.24) is 47.9 Å². The van der Waals surface area contributed by atoms with Gasteiger partial charge in [-0.15, -0.1) is 0 Å². The zero-order valence-electron chi connectivity index (χ0n) is 43.0. The second kappa shape index (κ2) is 37.1. The number of benzene rings is 1. The number of thiol groups is 2. The van der Waals surface area contributed by atoms with Gasteiger partial charge in [-0.25, -0.2) is 4.79 Å². The molecule has 0 aliphatic heterocycles. The molecule has 0 unspecified atom stereocenters. The van der Waals surface area contributed by atoms with Crippen LogP contribution in [0.15, 0.2) is 35.3 Å². The number of aliphatic imine (C=N–C) groups is 1. The van der Waals surface area contributed by atoms with Gasteiger partial charge in [0.05, 0.1) is 25.8 Å². The van der Waals surface area contributed by atoms with Gasteiger partial charge in [-0.05, 0) is 63.0 Å². The Hall–Kier alpha value is -6.80. The van der Waals surface area contributed by atoms with Crippen molar-refractivity contribution in [3.8, 4) is 0 Å². The highest BCUT2D eigenvalue weighted by molar-refractivity contribution is 7.80. The number of hydrogen-bond donors (Lipinski definition) is 19. The van der Waals surface area contributed by atoms with Crippen LogP contribution in [0.3, 0.4) is 0 Å². The molecule has 0 aliphatic carbocycles. The van der Waals surface area contributed by atoms with E-state index in [1.54, 1.807) is 44.2 Å². The maximum Gasteiger partial charge on any atom is 0.327 e. The normalized spacial score (nSPS) is 14.5. The molecule has 0 radical (unpaired) electrons. The molecule has 0 fully saturated rings. The molecule has 9 atom stereocenters. The van der Waals surface area contributed by atoms with Gasteiger partial charge >= 0.3 is 5.97 Å². The standard InChI is InChI=1S/C46H77N15O14S2/c1-24(2)17-30(58-37(66)26(48)22-76)41(70)57-29(13-14-35(49)64)40(69)56-28(11-6-7-15-47)39(68)59-31(18-25-9-4-3-5-10-25)42(71)55-27(12-8-16-52-46(50)51)38(67)53-19-36(65)54-32(20-62)43(72)60-33(21-63)44(73)61-34(23-77)45(74)75/h3-5,9-10,24,26-34,62-63,76-77H,6-8,11-23,47-48H2,1-2H3,(H2,49,64)(H,53,67)(H,54,65)(H,55,71)(H,56,69)(H,57,70)(H,58,66)(H,59,68)(H,60,72)(H,61,73)(H,74,75)(H4,50,51,52)/t26-,27-,28-,29-,30-,31-,32-,33-,34-/m0/s1.